The van der Waals surface area contributed by atoms with E-state index in [9.17, 15) is 0 Å². The second-order valence-corrected chi connectivity index (χ2v) is 12.1. The zero-order valence-electron chi connectivity index (χ0n) is 26.8. The highest BCUT2D eigenvalue weighted by molar-refractivity contribution is 6.06. The molecule has 0 N–H and O–H groups in total. The molecule has 46 heavy (non-hydrogen) atoms. The normalized spacial score (nSPS) is 11.4. The highest BCUT2D eigenvalue weighted by Crippen LogP contribution is 2.41. The van der Waals surface area contributed by atoms with Crippen LogP contribution in [-0.2, 0) is 0 Å². The molecule has 224 valence electrons. The number of nitrogens with zero attached hydrogens (tertiary/aromatic N) is 3. The van der Waals surface area contributed by atoms with Crippen molar-refractivity contribution in [3.8, 4) is 22.5 Å². The first-order chi connectivity index (χ1) is 22.5. The lowest BCUT2D eigenvalue weighted by Crippen LogP contribution is -2.10. The Hall–Kier alpha value is -5.67. The minimum atomic E-state index is 1.03. The third-order valence-corrected chi connectivity index (χ3v) is 8.72. The van der Waals surface area contributed by atoms with Gasteiger partial charge >= 0.3 is 0 Å². The second-order valence-electron chi connectivity index (χ2n) is 12.1. The fourth-order valence-electron chi connectivity index (χ4n) is 6.08. The molecule has 0 radical (unpaired) electrons. The van der Waals surface area contributed by atoms with Crippen molar-refractivity contribution in [1.82, 2.24) is 4.68 Å². The summed E-state index contributed by atoms with van der Waals surface area (Å²) in [7, 11) is 0. The summed E-state index contributed by atoms with van der Waals surface area (Å²) in [6.45, 7) is 8.61. The molecule has 0 aliphatic heterocycles. The molecule has 0 saturated heterocycles. The molecule has 1 aromatic heterocycles. The van der Waals surface area contributed by atoms with Crippen molar-refractivity contribution in [2.45, 2.75) is 27.7 Å². The average Bonchev–Trinajstić information content (AvgIpc) is 3.39. The van der Waals surface area contributed by atoms with Gasteiger partial charge in [0.05, 0.1) is 17.6 Å². The van der Waals surface area contributed by atoms with E-state index < -0.39 is 0 Å². The third-order valence-electron chi connectivity index (χ3n) is 8.72. The smallest absolute Gasteiger partial charge is 0.0804 e. The molecule has 0 amide bonds. The summed E-state index contributed by atoms with van der Waals surface area (Å²) in [6, 6.07) is 51.8. The predicted molar refractivity (Wildman–Crippen MR) is 196 cm³/mol. The van der Waals surface area contributed by atoms with Gasteiger partial charge < -0.3 is 4.90 Å². The largest absolute Gasteiger partial charge is 0.311 e. The van der Waals surface area contributed by atoms with Crippen LogP contribution in [0.5, 0.6) is 0 Å². The van der Waals surface area contributed by atoms with Crippen molar-refractivity contribution in [2.75, 3.05) is 4.90 Å². The monoisotopic (exact) mass is 595 g/mol. The van der Waals surface area contributed by atoms with Gasteiger partial charge in [-0.05, 0) is 92.9 Å². The van der Waals surface area contributed by atoms with Crippen LogP contribution < -0.4 is 4.90 Å². The van der Waals surface area contributed by atoms with Crippen molar-refractivity contribution >= 4 is 34.0 Å². The van der Waals surface area contributed by atoms with Gasteiger partial charge in [0.15, 0.2) is 0 Å². The third kappa shape index (κ3) is 5.64. The molecule has 0 fully saturated rings. The lowest BCUT2D eigenvalue weighted by Gasteiger charge is -2.25. The Morgan fingerprint density at radius 3 is 1.28 bits per heavy atom. The minimum absolute atomic E-state index is 1.03. The Kier molecular flexibility index (Phi) is 7.82. The van der Waals surface area contributed by atoms with E-state index in [0.717, 1.165) is 45.1 Å². The summed E-state index contributed by atoms with van der Waals surface area (Å²) < 4.78 is 2.13. The molecule has 0 atom stereocenters. The summed E-state index contributed by atoms with van der Waals surface area (Å²) >= 11 is 0. The van der Waals surface area contributed by atoms with Crippen LogP contribution in [0.15, 0.2) is 151 Å². The van der Waals surface area contributed by atoms with Gasteiger partial charge in [-0.3, -0.25) is 0 Å². The molecule has 3 nitrogen and oxygen atoms in total. The number of hydrogen-bond acceptors (Lipinski definition) is 2. The number of aromatic nitrogens is 1. The van der Waals surface area contributed by atoms with E-state index in [4.69, 9.17) is 5.10 Å². The Bertz CT molecular complexity index is 2010. The van der Waals surface area contributed by atoms with Crippen LogP contribution in [0.1, 0.15) is 27.8 Å². The number of benzene rings is 6. The number of anilines is 3. The number of hydrogen-bond donors (Lipinski definition) is 0. The molecule has 0 saturated carbocycles. The summed E-state index contributed by atoms with van der Waals surface area (Å²) in [6.07, 6.45) is 1.98. The molecule has 1 heterocycles. The van der Waals surface area contributed by atoms with Crippen molar-refractivity contribution in [3.63, 3.8) is 0 Å². The lowest BCUT2D eigenvalue weighted by atomic mass is 9.99. The molecule has 0 spiro atoms. The number of fused-ring (bicyclic) bond motifs is 1. The maximum absolute atomic E-state index is 5.21. The van der Waals surface area contributed by atoms with Crippen molar-refractivity contribution in [3.05, 3.63) is 173 Å². The van der Waals surface area contributed by atoms with E-state index in [2.05, 4.69) is 183 Å². The number of rotatable bonds is 7. The van der Waals surface area contributed by atoms with Crippen LogP contribution in [0.25, 0.3) is 33.3 Å². The summed E-state index contributed by atoms with van der Waals surface area (Å²) in [4.78, 5) is 2.30. The van der Waals surface area contributed by atoms with Gasteiger partial charge in [0.1, 0.15) is 0 Å². The molecule has 7 rings (SSSR count). The van der Waals surface area contributed by atoms with E-state index >= 15 is 0 Å². The van der Waals surface area contributed by atoms with Crippen LogP contribution in [0.3, 0.4) is 0 Å². The Balaban J connectivity index is 1.34. The Morgan fingerprint density at radius 2 is 0.870 bits per heavy atom. The molecule has 7 aromatic rings. The molecule has 0 aliphatic carbocycles. The standard InChI is InChI=1S/C43H37N3/c1-30-15-21-37(22-16-30)45(38-23-17-31(2)18-24-38)39-25-19-34(20-26-39)29-44-46-42(35-11-7-5-8-12-35)40-27-32(3)33(4)28-41(40)43(46)36-13-9-6-10-14-36/h5-29H,1-4H3. The lowest BCUT2D eigenvalue weighted by molar-refractivity contribution is 0.917. The topological polar surface area (TPSA) is 20.5 Å². The first-order valence-electron chi connectivity index (χ1n) is 15.8. The first kappa shape index (κ1) is 29.1. The average molecular weight is 596 g/mol. The first-order valence-corrected chi connectivity index (χ1v) is 15.8. The minimum Gasteiger partial charge on any atom is -0.311 e. The van der Waals surface area contributed by atoms with E-state index in [-0.39, 0.29) is 0 Å². The fraction of sp³-hybridized carbons (Fsp3) is 0.0930. The summed E-state index contributed by atoms with van der Waals surface area (Å²) in [5.41, 5.74) is 13.9. The maximum Gasteiger partial charge on any atom is 0.0804 e. The molecule has 0 bridgehead atoms. The van der Waals surface area contributed by atoms with Gasteiger partial charge in [-0.25, -0.2) is 4.68 Å². The highest BCUT2D eigenvalue weighted by atomic mass is 15.4. The van der Waals surface area contributed by atoms with Gasteiger partial charge in [-0.15, -0.1) is 0 Å². The molecular formula is C43H37N3. The van der Waals surface area contributed by atoms with Gasteiger partial charge in [0, 0.05) is 39.0 Å². The van der Waals surface area contributed by atoms with E-state index in [1.54, 1.807) is 0 Å². The SMILES string of the molecule is Cc1ccc(N(c2ccc(C)cc2)c2ccc(C=Nn3c(-c4ccccc4)c4cc(C)c(C)cc4c3-c3ccccc3)cc2)cc1. The van der Waals surface area contributed by atoms with Crippen LogP contribution in [0.4, 0.5) is 17.1 Å². The van der Waals surface area contributed by atoms with Crippen LogP contribution >= 0.6 is 0 Å². The fourth-order valence-corrected chi connectivity index (χ4v) is 6.08. The van der Waals surface area contributed by atoms with Crippen molar-refractivity contribution < 1.29 is 0 Å². The van der Waals surface area contributed by atoms with Crippen LogP contribution in [-0.4, -0.2) is 10.9 Å². The molecular weight excluding hydrogens is 558 g/mol. The highest BCUT2D eigenvalue weighted by Gasteiger charge is 2.20. The summed E-state index contributed by atoms with van der Waals surface area (Å²) in [5.74, 6) is 0. The molecule has 3 heteroatoms. The van der Waals surface area contributed by atoms with E-state index in [0.29, 0.717) is 0 Å². The Morgan fingerprint density at radius 1 is 0.478 bits per heavy atom. The van der Waals surface area contributed by atoms with Crippen molar-refractivity contribution in [1.29, 1.82) is 0 Å². The van der Waals surface area contributed by atoms with E-state index in [1.165, 1.54) is 33.0 Å². The van der Waals surface area contributed by atoms with Crippen molar-refractivity contribution in [2.24, 2.45) is 5.10 Å². The zero-order chi connectivity index (χ0) is 31.6. The van der Waals surface area contributed by atoms with Gasteiger partial charge in [0.2, 0.25) is 0 Å². The molecule has 0 aliphatic rings. The van der Waals surface area contributed by atoms with Gasteiger partial charge in [-0.2, -0.15) is 5.10 Å². The van der Waals surface area contributed by atoms with Gasteiger partial charge in [-0.1, -0.05) is 108 Å². The quantitative estimate of drug-likeness (QED) is 0.168. The second kappa shape index (κ2) is 12.4. The summed E-state index contributed by atoms with van der Waals surface area (Å²) in [5, 5.41) is 7.62. The van der Waals surface area contributed by atoms with Crippen LogP contribution in [0, 0.1) is 27.7 Å². The van der Waals surface area contributed by atoms with Gasteiger partial charge in [0.25, 0.3) is 0 Å². The number of aryl methyl sites for hydroxylation is 4. The zero-order valence-corrected chi connectivity index (χ0v) is 26.8. The molecule has 0 unspecified atom stereocenters. The molecule has 6 aromatic carbocycles. The van der Waals surface area contributed by atoms with E-state index in [1.807, 2.05) is 6.21 Å². The Labute approximate surface area is 271 Å². The maximum atomic E-state index is 5.21. The van der Waals surface area contributed by atoms with Crippen LogP contribution in [0.2, 0.25) is 0 Å². The predicted octanol–water partition coefficient (Wildman–Crippen LogP) is 11.6.